The van der Waals surface area contributed by atoms with Gasteiger partial charge in [-0.25, -0.2) is 18.0 Å². The van der Waals surface area contributed by atoms with Gasteiger partial charge < -0.3 is 14.4 Å². The van der Waals surface area contributed by atoms with Gasteiger partial charge in [-0.1, -0.05) is 12.7 Å². The van der Waals surface area contributed by atoms with Crippen LogP contribution in [-0.4, -0.2) is 15.8 Å². The first-order valence-corrected chi connectivity index (χ1v) is 6.65. The SMILES string of the molecule is C=Cc1c(F)c(F)c(F)c2c1c(=O)c(OC(=O)O)cn2C1CC1. The van der Waals surface area contributed by atoms with Gasteiger partial charge in [0.2, 0.25) is 5.43 Å². The van der Waals surface area contributed by atoms with Crippen LogP contribution in [0.4, 0.5) is 18.0 Å². The average molecular weight is 325 g/mol. The Hall–Kier alpha value is -2.77. The summed E-state index contributed by atoms with van der Waals surface area (Å²) in [5.74, 6) is -5.38. The number of ether oxygens (including phenoxy) is 1. The molecule has 0 bridgehead atoms. The third-order valence-corrected chi connectivity index (χ3v) is 3.64. The number of aromatic nitrogens is 1. The smallest absolute Gasteiger partial charge is 0.449 e. The van der Waals surface area contributed by atoms with Gasteiger partial charge in [0.25, 0.3) is 0 Å². The number of hydrogen-bond donors (Lipinski definition) is 1. The average Bonchev–Trinajstić information content (AvgIpc) is 3.32. The lowest BCUT2D eigenvalue weighted by Gasteiger charge is -2.15. The summed E-state index contributed by atoms with van der Waals surface area (Å²) in [5.41, 5.74) is -2.01. The van der Waals surface area contributed by atoms with Gasteiger partial charge in [0.15, 0.2) is 23.2 Å². The summed E-state index contributed by atoms with van der Waals surface area (Å²) in [7, 11) is 0. The van der Waals surface area contributed by atoms with Crippen molar-refractivity contribution >= 4 is 23.1 Å². The molecule has 120 valence electrons. The number of nitrogens with zero attached hydrogens (tertiary/aromatic N) is 1. The van der Waals surface area contributed by atoms with Crippen LogP contribution in [0.1, 0.15) is 24.4 Å². The van der Waals surface area contributed by atoms with Crippen LogP contribution in [0.3, 0.4) is 0 Å². The second kappa shape index (κ2) is 5.15. The van der Waals surface area contributed by atoms with Crippen molar-refractivity contribution in [2.24, 2.45) is 0 Å². The van der Waals surface area contributed by atoms with Crippen molar-refractivity contribution in [1.29, 1.82) is 0 Å². The molecular formula is C15H10F3NO4. The zero-order valence-electron chi connectivity index (χ0n) is 11.6. The number of benzene rings is 1. The molecule has 0 amide bonds. The second-order valence-electron chi connectivity index (χ2n) is 5.11. The molecular weight excluding hydrogens is 315 g/mol. The molecule has 1 N–H and O–H groups in total. The van der Waals surface area contributed by atoms with Gasteiger partial charge in [-0.05, 0) is 12.8 Å². The van der Waals surface area contributed by atoms with Crippen molar-refractivity contribution in [3.05, 3.63) is 46.0 Å². The van der Waals surface area contributed by atoms with Crippen LogP contribution in [0.25, 0.3) is 17.0 Å². The van der Waals surface area contributed by atoms with Crippen molar-refractivity contribution in [2.45, 2.75) is 18.9 Å². The Morgan fingerprint density at radius 3 is 2.48 bits per heavy atom. The number of carbonyl (C=O) groups is 1. The van der Waals surface area contributed by atoms with Gasteiger partial charge in [-0.3, -0.25) is 4.79 Å². The Kier molecular flexibility index (Phi) is 3.39. The van der Waals surface area contributed by atoms with Crippen molar-refractivity contribution in [3.63, 3.8) is 0 Å². The minimum atomic E-state index is -1.74. The highest BCUT2D eigenvalue weighted by molar-refractivity contribution is 5.90. The van der Waals surface area contributed by atoms with E-state index in [0.717, 1.165) is 12.3 Å². The predicted molar refractivity (Wildman–Crippen MR) is 75.1 cm³/mol. The molecule has 1 aliphatic carbocycles. The van der Waals surface area contributed by atoms with E-state index in [0.29, 0.717) is 12.8 Å². The van der Waals surface area contributed by atoms with Gasteiger partial charge in [-0.15, -0.1) is 0 Å². The van der Waals surface area contributed by atoms with Crippen LogP contribution >= 0.6 is 0 Å². The normalized spacial score (nSPS) is 14.0. The monoisotopic (exact) mass is 325 g/mol. The van der Waals surface area contributed by atoms with E-state index in [2.05, 4.69) is 11.3 Å². The zero-order valence-corrected chi connectivity index (χ0v) is 11.6. The summed E-state index contributed by atoms with van der Waals surface area (Å²) in [6, 6.07) is -0.244. The van der Waals surface area contributed by atoms with E-state index >= 15 is 0 Å². The maximum atomic E-state index is 14.2. The Balaban J connectivity index is 2.52. The van der Waals surface area contributed by atoms with Gasteiger partial charge in [0.05, 0.1) is 17.1 Å². The molecule has 1 aromatic heterocycles. The van der Waals surface area contributed by atoms with Crippen molar-refractivity contribution < 1.29 is 27.8 Å². The predicted octanol–water partition coefficient (Wildman–Crippen LogP) is 3.45. The van der Waals surface area contributed by atoms with E-state index in [1.54, 1.807) is 0 Å². The summed E-state index contributed by atoms with van der Waals surface area (Å²) < 4.78 is 47.5. The Morgan fingerprint density at radius 2 is 1.96 bits per heavy atom. The first-order chi connectivity index (χ1) is 10.9. The van der Waals surface area contributed by atoms with Crippen LogP contribution in [-0.2, 0) is 0 Å². The first-order valence-electron chi connectivity index (χ1n) is 6.65. The summed E-state index contributed by atoms with van der Waals surface area (Å²) in [5, 5.41) is 8.19. The van der Waals surface area contributed by atoms with Crippen molar-refractivity contribution in [1.82, 2.24) is 4.57 Å². The number of fused-ring (bicyclic) bond motifs is 1. The van der Waals surface area contributed by atoms with Crippen LogP contribution in [0, 0.1) is 17.5 Å². The molecule has 5 nitrogen and oxygen atoms in total. The maximum Gasteiger partial charge on any atom is 0.511 e. The molecule has 8 heteroatoms. The lowest BCUT2D eigenvalue weighted by Crippen LogP contribution is -2.19. The molecule has 3 rings (SSSR count). The summed E-state index contributed by atoms with van der Waals surface area (Å²) in [4.78, 5) is 23.0. The topological polar surface area (TPSA) is 68.5 Å². The molecule has 1 fully saturated rings. The molecule has 0 atom stereocenters. The van der Waals surface area contributed by atoms with E-state index in [4.69, 9.17) is 5.11 Å². The van der Waals surface area contributed by atoms with Gasteiger partial charge in [-0.2, -0.15) is 0 Å². The Bertz CT molecular complexity index is 916. The third kappa shape index (κ3) is 2.26. The molecule has 1 saturated carbocycles. The number of pyridine rings is 1. The van der Waals surface area contributed by atoms with E-state index in [-0.39, 0.29) is 6.04 Å². The largest absolute Gasteiger partial charge is 0.511 e. The highest BCUT2D eigenvalue weighted by Gasteiger charge is 2.31. The lowest BCUT2D eigenvalue weighted by atomic mass is 10.1. The molecule has 0 radical (unpaired) electrons. The third-order valence-electron chi connectivity index (χ3n) is 3.64. The molecule has 1 aliphatic rings. The minimum Gasteiger partial charge on any atom is -0.449 e. The second-order valence-corrected chi connectivity index (χ2v) is 5.11. The maximum absolute atomic E-state index is 14.2. The Labute approximate surface area is 127 Å². The van der Waals surface area contributed by atoms with E-state index in [1.165, 1.54) is 4.57 Å². The highest BCUT2D eigenvalue weighted by Crippen LogP contribution is 2.39. The number of hydrogen-bond acceptors (Lipinski definition) is 3. The molecule has 23 heavy (non-hydrogen) atoms. The highest BCUT2D eigenvalue weighted by atomic mass is 19.2. The summed E-state index contributed by atoms with van der Waals surface area (Å²) >= 11 is 0. The van der Waals surface area contributed by atoms with E-state index in [1.807, 2.05) is 0 Å². The number of rotatable bonds is 3. The molecule has 0 spiro atoms. The standard InChI is InChI=1S/C15H10F3NO4/c1-2-7-9-13(12(18)11(17)10(7)16)19(6-3-4-6)5-8(14(9)20)23-15(21)22/h2,5-6H,1,3-4H2,(H,21,22). The lowest BCUT2D eigenvalue weighted by molar-refractivity contribution is 0.143. The number of carboxylic acid groups (broad SMARTS) is 1. The fourth-order valence-electron chi connectivity index (χ4n) is 2.51. The molecule has 2 aromatic rings. The van der Waals surface area contributed by atoms with E-state index < -0.39 is 51.3 Å². The van der Waals surface area contributed by atoms with Gasteiger partial charge in [0, 0.05) is 11.6 Å². The molecule has 1 aromatic carbocycles. The van der Waals surface area contributed by atoms with Crippen molar-refractivity contribution in [3.8, 4) is 5.75 Å². The fraction of sp³-hybridized carbons (Fsp3) is 0.200. The number of halogens is 3. The van der Waals surface area contributed by atoms with Gasteiger partial charge >= 0.3 is 6.16 Å². The molecule has 0 unspecified atom stereocenters. The van der Waals surface area contributed by atoms with Crippen LogP contribution in [0.5, 0.6) is 5.75 Å². The Morgan fingerprint density at radius 1 is 1.30 bits per heavy atom. The minimum absolute atomic E-state index is 0.244. The first kappa shape index (κ1) is 15.1. The van der Waals surface area contributed by atoms with E-state index in [9.17, 15) is 22.8 Å². The molecule has 0 aliphatic heterocycles. The fourth-order valence-corrected chi connectivity index (χ4v) is 2.51. The van der Waals surface area contributed by atoms with Crippen LogP contribution < -0.4 is 10.2 Å². The van der Waals surface area contributed by atoms with Crippen LogP contribution in [0.15, 0.2) is 17.6 Å². The zero-order chi connectivity index (χ0) is 16.9. The summed E-state index contributed by atoms with van der Waals surface area (Å²) in [6.07, 6.45) is 1.40. The van der Waals surface area contributed by atoms with Crippen molar-refractivity contribution in [2.75, 3.05) is 0 Å². The quantitative estimate of drug-likeness (QED) is 0.693. The molecule has 1 heterocycles. The molecule has 0 saturated heterocycles. The van der Waals surface area contributed by atoms with Crippen LogP contribution in [0.2, 0.25) is 0 Å². The summed E-state index contributed by atoms with van der Waals surface area (Å²) in [6.45, 7) is 3.30. The van der Waals surface area contributed by atoms with Gasteiger partial charge in [0.1, 0.15) is 0 Å².